The van der Waals surface area contributed by atoms with Crippen LogP contribution in [-0.4, -0.2) is 24.8 Å². The number of halogens is 1. The van der Waals surface area contributed by atoms with Gasteiger partial charge in [-0.25, -0.2) is 8.42 Å². The molecule has 8 heteroatoms. The quantitative estimate of drug-likeness (QED) is 0.666. The fourth-order valence-corrected chi connectivity index (χ4v) is 3.53. The van der Waals surface area contributed by atoms with Crippen LogP contribution in [0.1, 0.15) is 5.56 Å². The summed E-state index contributed by atoms with van der Waals surface area (Å²) in [4.78, 5) is 0.198. The van der Waals surface area contributed by atoms with E-state index in [2.05, 4.69) is 9.82 Å². The summed E-state index contributed by atoms with van der Waals surface area (Å²) in [6, 6.07) is 13.6. The largest absolute Gasteiger partial charge is 0.489 e. The van der Waals surface area contributed by atoms with Crippen molar-refractivity contribution in [3.8, 4) is 5.75 Å². The SMILES string of the molecule is Cc1ccc(S(=O)(=O)Nc2ccccc2OCCn2cc(Cl)cn2)cc1. The molecule has 0 spiro atoms. The highest BCUT2D eigenvalue weighted by Crippen LogP contribution is 2.26. The van der Waals surface area contributed by atoms with Crippen LogP contribution in [0, 0.1) is 6.92 Å². The number of anilines is 1. The predicted molar refractivity (Wildman–Crippen MR) is 101 cm³/mol. The molecule has 0 bridgehead atoms. The molecule has 3 aromatic rings. The summed E-state index contributed by atoms with van der Waals surface area (Å²) in [6.07, 6.45) is 3.24. The normalized spacial score (nSPS) is 11.3. The first-order chi connectivity index (χ1) is 12.4. The Hall–Kier alpha value is -2.51. The molecule has 26 heavy (non-hydrogen) atoms. The topological polar surface area (TPSA) is 73.2 Å². The molecule has 2 aromatic carbocycles. The molecule has 0 saturated heterocycles. The van der Waals surface area contributed by atoms with E-state index in [1.807, 2.05) is 6.92 Å². The van der Waals surface area contributed by atoms with Gasteiger partial charge in [0.25, 0.3) is 10.0 Å². The second kappa shape index (κ2) is 7.80. The lowest BCUT2D eigenvalue weighted by molar-refractivity contribution is 0.293. The Balaban J connectivity index is 1.71. The average molecular weight is 392 g/mol. The Morgan fingerprint density at radius 1 is 1.15 bits per heavy atom. The van der Waals surface area contributed by atoms with Gasteiger partial charge in [-0.05, 0) is 31.2 Å². The second-order valence-corrected chi connectivity index (χ2v) is 7.80. The van der Waals surface area contributed by atoms with Gasteiger partial charge < -0.3 is 4.74 Å². The van der Waals surface area contributed by atoms with Gasteiger partial charge in [0.2, 0.25) is 0 Å². The van der Waals surface area contributed by atoms with Gasteiger partial charge in [-0.15, -0.1) is 0 Å². The van der Waals surface area contributed by atoms with Crippen molar-refractivity contribution in [3.63, 3.8) is 0 Å². The Morgan fingerprint density at radius 3 is 2.58 bits per heavy atom. The van der Waals surface area contributed by atoms with Gasteiger partial charge in [0, 0.05) is 6.20 Å². The van der Waals surface area contributed by atoms with Crippen molar-refractivity contribution in [2.24, 2.45) is 0 Å². The third-order valence-corrected chi connectivity index (χ3v) is 5.22. The minimum Gasteiger partial charge on any atom is -0.489 e. The number of nitrogens with one attached hydrogen (secondary N) is 1. The van der Waals surface area contributed by atoms with Gasteiger partial charge in [-0.1, -0.05) is 41.4 Å². The van der Waals surface area contributed by atoms with E-state index in [0.717, 1.165) is 5.56 Å². The van der Waals surface area contributed by atoms with Crippen LogP contribution < -0.4 is 9.46 Å². The number of aromatic nitrogens is 2. The summed E-state index contributed by atoms with van der Waals surface area (Å²) < 4.78 is 35.1. The van der Waals surface area contributed by atoms with Crippen LogP contribution in [0.15, 0.2) is 65.8 Å². The monoisotopic (exact) mass is 391 g/mol. The number of aryl methyl sites for hydroxylation is 1. The molecule has 0 aliphatic carbocycles. The molecule has 1 N–H and O–H groups in total. The molecule has 0 unspecified atom stereocenters. The lowest BCUT2D eigenvalue weighted by Crippen LogP contribution is -2.15. The lowest BCUT2D eigenvalue weighted by Gasteiger charge is -2.14. The molecule has 136 valence electrons. The summed E-state index contributed by atoms with van der Waals surface area (Å²) in [5, 5.41) is 4.62. The summed E-state index contributed by atoms with van der Waals surface area (Å²) >= 11 is 5.82. The maximum atomic E-state index is 12.6. The predicted octanol–water partition coefficient (Wildman–Crippen LogP) is 3.72. The molecular weight excluding hydrogens is 374 g/mol. The maximum absolute atomic E-state index is 12.6. The van der Waals surface area contributed by atoms with Crippen LogP contribution in [0.3, 0.4) is 0 Å². The first-order valence-corrected chi connectivity index (χ1v) is 9.79. The maximum Gasteiger partial charge on any atom is 0.262 e. The summed E-state index contributed by atoms with van der Waals surface area (Å²) in [5.74, 6) is 0.446. The molecule has 0 fully saturated rings. The molecule has 0 amide bonds. The van der Waals surface area contributed by atoms with Crippen LogP contribution in [0.25, 0.3) is 0 Å². The van der Waals surface area contributed by atoms with Crippen molar-refractivity contribution >= 4 is 27.3 Å². The molecule has 1 heterocycles. The van der Waals surface area contributed by atoms with E-state index in [9.17, 15) is 8.42 Å². The fraction of sp³-hybridized carbons (Fsp3) is 0.167. The zero-order valence-electron chi connectivity index (χ0n) is 14.1. The van der Waals surface area contributed by atoms with Crippen molar-refractivity contribution < 1.29 is 13.2 Å². The third-order valence-electron chi connectivity index (χ3n) is 3.64. The van der Waals surface area contributed by atoms with Crippen molar-refractivity contribution in [2.75, 3.05) is 11.3 Å². The van der Waals surface area contributed by atoms with Crippen LogP contribution in [0.5, 0.6) is 5.75 Å². The summed E-state index contributed by atoms with van der Waals surface area (Å²) in [6.45, 7) is 2.72. The highest BCUT2D eigenvalue weighted by molar-refractivity contribution is 7.92. The van der Waals surface area contributed by atoms with Crippen LogP contribution in [-0.2, 0) is 16.6 Å². The molecular formula is C18H18ClN3O3S. The van der Waals surface area contributed by atoms with E-state index in [0.29, 0.717) is 29.6 Å². The second-order valence-electron chi connectivity index (χ2n) is 5.68. The smallest absolute Gasteiger partial charge is 0.262 e. The first kappa shape index (κ1) is 18.3. The minimum atomic E-state index is -3.69. The van der Waals surface area contributed by atoms with Gasteiger partial charge in [-0.2, -0.15) is 5.10 Å². The number of hydrogen-bond acceptors (Lipinski definition) is 4. The summed E-state index contributed by atoms with van der Waals surface area (Å²) in [7, 11) is -3.69. The van der Waals surface area contributed by atoms with Gasteiger partial charge in [-0.3, -0.25) is 9.40 Å². The molecule has 0 radical (unpaired) electrons. The molecule has 0 atom stereocenters. The Labute approximate surface area is 157 Å². The zero-order chi connectivity index (χ0) is 18.6. The Morgan fingerprint density at radius 2 is 1.88 bits per heavy atom. The zero-order valence-corrected chi connectivity index (χ0v) is 15.7. The molecule has 1 aromatic heterocycles. The Bertz CT molecular complexity index is 985. The minimum absolute atomic E-state index is 0.198. The van der Waals surface area contributed by atoms with E-state index in [4.69, 9.17) is 16.3 Å². The van der Waals surface area contributed by atoms with E-state index in [1.165, 1.54) is 0 Å². The average Bonchev–Trinajstić information content (AvgIpc) is 3.02. The van der Waals surface area contributed by atoms with Crippen molar-refractivity contribution in [1.82, 2.24) is 9.78 Å². The van der Waals surface area contributed by atoms with E-state index in [-0.39, 0.29) is 4.90 Å². The number of para-hydroxylation sites is 2. The third kappa shape index (κ3) is 4.56. The number of hydrogen-bond donors (Lipinski definition) is 1. The van der Waals surface area contributed by atoms with E-state index >= 15 is 0 Å². The Kier molecular flexibility index (Phi) is 5.49. The van der Waals surface area contributed by atoms with Crippen LogP contribution in [0.4, 0.5) is 5.69 Å². The van der Waals surface area contributed by atoms with Crippen LogP contribution >= 0.6 is 11.6 Å². The highest BCUT2D eigenvalue weighted by Gasteiger charge is 2.16. The van der Waals surface area contributed by atoms with Crippen molar-refractivity contribution in [3.05, 3.63) is 71.5 Å². The number of sulfonamides is 1. The molecule has 6 nitrogen and oxygen atoms in total. The van der Waals surface area contributed by atoms with Gasteiger partial charge >= 0.3 is 0 Å². The van der Waals surface area contributed by atoms with E-state index < -0.39 is 10.0 Å². The van der Waals surface area contributed by atoms with E-state index in [1.54, 1.807) is 65.6 Å². The van der Waals surface area contributed by atoms with Crippen molar-refractivity contribution in [2.45, 2.75) is 18.4 Å². The summed E-state index contributed by atoms with van der Waals surface area (Å²) in [5.41, 5.74) is 1.37. The molecule has 0 aliphatic heterocycles. The van der Waals surface area contributed by atoms with Crippen molar-refractivity contribution in [1.29, 1.82) is 0 Å². The molecule has 0 saturated carbocycles. The van der Waals surface area contributed by atoms with Gasteiger partial charge in [0.1, 0.15) is 12.4 Å². The first-order valence-electron chi connectivity index (χ1n) is 7.93. The van der Waals surface area contributed by atoms with Gasteiger partial charge in [0.15, 0.2) is 0 Å². The number of ether oxygens (including phenoxy) is 1. The number of nitrogens with zero attached hydrogens (tertiary/aromatic N) is 2. The lowest BCUT2D eigenvalue weighted by atomic mass is 10.2. The standard InChI is InChI=1S/C18H18ClN3O3S/c1-14-6-8-16(9-7-14)26(23,24)21-17-4-2-3-5-18(17)25-11-10-22-13-15(19)12-20-22/h2-9,12-13,21H,10-11H2,1H3. The van der Waals surface area contributed by atoms with Crippen LogP contribution in [0.2, 0.25) is 5.02 Å². The highest BCUT2D eigenvalue weighted by atomic mass is 35.5. The number of benzene rings is 2. The molecule has 0 aliphatic rings. The number of rotatable bonds is 7. The fourth-order valence-electron chi connectivity index (χ4n) is 2.31. The molecule has 3 rings (SSSR count). The van der Waals surface area contributed by atoms with Gasteiger partial charge in [0.05, 0.1) is 28.3 Å².